The molecule has 3 N–H and O–H groups in total. The molecule has 0 aliphatic carbocycles. The maximum atomic E-state index is 12.8. The van der Waals surface area contributed by atoms with Crippen molar-refractivity contribution in [2.45, 2.75) is 24.9 Å². The molecule has 0 aliphatic heterocycles. The number of primary sulfonamides is 1. The number of benzene rings is 2. The molecule has 0 atom stereocenters. The zero-order chi connectivity index (χ0) is 24.6. The number of alkyl halides is 3. The zero-order valence-electron chi connectivity index (χ0n) is 17.3. The molecule has 1 aromatic heterocycles. The molecular formula is C20H18F3N5O4S. The second-order valence-electron chi connectivity index (χ2n) is 7.06. The van der Waals surface area contributed by atoms with Crippen LogP contribution >= 0.6 is 0 Å². The number of nitro groups is 1. The molecule has 13 heteroatoms. The SMILES string of the molecule is Cc1cc(/C=N\Nc2ccc(C(F)(F)F)cc2[N+](=O)[O-])c(C)n1-c1ccc(S(N)(=O)=O)cc1. The van der Waals surface area contributed by atoms with Gasteiger partial charge < -0.3 is 4.57 Å². The lowest BCUT2D eigenvalue weighted by atomic mass is 10.1. The smallest absolute Gasteiger partial charge is 0.318 e. The van der Waals surface area contributed by atoms with Crippen LogP contribution in [0, 0.1) is 24.0 Å². The molecule has 3 aromatic rings. The maximum absolute atomic E-state index is 12.8. The Labute approximate surface area is 186 Å². The zero-order valence-corrected chi connectivity index (χ0v) is 18.1. The first-order valence-electron chi connectivity index (χ1n) is 9.26. The molecule has 1 heterocycles. The number of rotatable bonds is 6. The van der Waals surface area contributed by atoms with Crippen molar-refractivity contribution in [2.75, 3.05) is 5.43 Å². The average Bonchev–Trinajstić information content (AvgIpc) is 3.00. The molecule has 33 heavy (non-hydrogen) atoms. The number of sulfonamides is 1. The van der Waals surface area contributed by atoms with Gasteiger partial charge in [0, 0.05) is 28.7 Å². The number of anilines is 1. The van der Waals surface area contributed by atoms with Crippen LogP contribution in [0.2, 0.25) is 0 Å². The number of nitro benzene ring substituents is 1. The Bertz CT molecular complexity index is 1350. The van der Waals surface area contributed by atoms with Crippen LogP contribution in [0.1, 0.15) is 22.5 Å². The molecule has 174 valence electrons. The Morgan fingerprint density at radius 3 is 2.30 bits per heavy atom. The summed E-state index contributed by atoms with van der Waals surface area (Å²) in [5.41, 5.74) is 3.13. The molecule has 0 amide bonds. The Balaban J connectivity index is 1.87. The molecule has 3 rings (SSSR count). The lowest BCUT2D eigenvalue weighted by Crippen LogP contribution is -2.12. The van der Waals surface area contributed by atoms with E-state index in [1.807, 2.05) is 11.5 Å². The summed E-state index contributed by atoms with van der Waals surface area (Å²) in [5, 5.41) is 20.2. The fourth-order valence-electron chi connectivity index (χ4n) is 3.23. The molecule has 0 radical (unpaired) electrons. The van der Waals surface area contributed by atoms with Crippen LogP contribution in [0.5, 0.6) is 0 Å². The highest BCUT2D eigenvalue weighted by Crippen LogP contribution is 2.35. The largest absolute Gasteiger partial charge is 0.416 e. The van der Waals surface area contributed by atoms with Crippen LogP contribution in [0.4, 0.5) is 24.5 Å². The summed E-state index contributed by atoms with van der Waals surface area (Å²) >= 11 is 0. The normalized spacial score (nSPS) is 12.3. The number of hydrogen-bond donors (Lipinski definition) is 2. The third kappa shape index (κ3) is 5.21. The van der Waals surface area contributed by atoms with E-state index < -0.39 is 32.4 Å². The van der Waals surface area contributed by atoms with Gasteiger partial charge in [-0.2, -0.15) is 18.3 Å². The summed E-state index contributed by atoms with van der Waals surface area (Å²) in [6.07, 6.45) is -3.34. The van der Waals surface area contributed by atoms with E-state index in [1.165, 1.54) is 18.3 Å². The van der Waals surface area contributed by atoms with Crippen LogP contribution in [0.3, 0.4) is 0 Å². The van der Waals surface area contributed by atoms with Gasteiger partial charge in [-0.05, 0) is 56.3 Å². The van der Waals surface area contributed by atoms with Gasteiger partial charge >= 0.3 is 6.18 Å². The molecule has 0 bridgehead atoms. The lowest BCUT2D eigenvalue weighted by Gasteiger charge is -2.10. The van der Waals surface area contributed by atoms with Crippen molar-refractivity contribution in [2.24, 2.45) is 10.2 Å². The Kier molecular flexibility index (Phi) is 6.29. The van der Waals surface area contributed by atoms with Crippen LogP contribution in [0.15, 0.2) is 58.5 Å². The van der Waals surface area contributed by atoms with Gasteiger partial charge in [0.1, 0.15) is 5.69 Å². The number of hydrogen-bond acceptors (Lipinski definition) is 6. The fourth-order valence-corrected chi connectivity index (χ4v) is 3.74. The second-order valence-corrected chi connectivity index (χ2v) is 8.62. The van der Waals surface area contributed by atoms with Crippen molar-refractivity contribution in [3.63, 3.8) is 0 Å². The molecule has 9 nitrogen and oxygen atoms in total. The van der Waals surface area contributed by atoms with E-state index in [2.05, 4.69) is 10.5 Å². The van der Waals surface area contributed by atoms with E-state index in [4.69, 9.17) is 5.14 Å². The van der Waals surface area contributed by atoms with Crippen molar-refractivity contribution in [1.29, 1.82) is 0 Å². The number of halogens is 3. The fraction of sp³-hybridized carbons (Fsp3) is 0.150. The maximum Gasteiger partial charge on any atom is 0.416 e. The van der Waals surface area contributed by atoms with Gasteiger partial charge in [0.25, 0.3) is 5.69 Å². The van der Waals surface area contributed by atoms with E-state index in [0.29, 0.717) is 17.3 Å². The second kappa shape index (κ2) is 8.67. The van der Waals surface area contributed by atoms with E-state index in [-0.39, 0.29) is 10.6 Å². The van der Waals surface area contributed by atoms with Crippen LogP contribution in [0.25, 0.3) is 5.69 Å². The summed E-state index contributed by atoms with van der Waals surface area (Å²) in [4.78, 5) is 10.2. The predicted octanol–water partition coefficient (Wildman–Crippen LogP) is 4.11. The topological polar surface area (TPSA) is 133 Å². The first-order chi connectivity index (χ1) is 15.3. The van der Waals surface area contributed by atoms with Crippen molar-refractivity contribution in [3.05, 3.63) is 81.2 Å². The minimum absolute atomic E-state index is 0.0298. The van der Waals surface area contributed by atoms with Gasteiger partial charge in [0.15, 0.2) is 0 Å². The molecule has 0 aliphatic rings. The van der Waals surface area contributed by atoms with Gasteiger partial charge in [-0.1, -0.05) is 0 Å². The number of aromatic nitrogens is 1. The van der Waals surface area contributed by atoms with Crippen molar-refractivity contribution >= 4 is 27.6 Å². The number of nitrogens with zero attached hydrogens (tertiary/aromatic N) is 3. The standard InChI is InChI=1S/C20H18F3N5O4S/c1-12-9-14(13(2)27(12)16-4-6-17(7-5-16)33(24,31)32)11-25-26-18-8-3-15(20(21,22)23)10-19(18)28(29)30/h3-11,26H,1-2H3,(H2,24,31,32)/b25-11-. The van der Waals surface area contributed by atoms with E-state index >= 15 is 0 Å². The molecule has 0 unspecified atom stereocenters. The van der Waals surface area contributed by atoms with Gasteiger partial charge in [0.2, 0.25) is 10.0 Å². The molecule has 0 spiro atoms. The molecule has 0 saturated carbocycles. The summed E-state index contributed by atoms with van der Waals surface area (Å²) < 4.78 is 63.2. The third-order valence-corrected chi connectivity index (χ3v) is 5.73. The highest BCUT2D eigenvalue weighted by Gasteiger charge is 2.33. The molecule has 0 saturated heterocycles. The van der Waals surface area contributed by atoms with Gasteiger partial charge in [-0.25, -0.2) is 13.6 Å². The monoisotopic (exact) mass is 481 g/mol. The van der Waals surface area contributed by atoms with Gasteiger partial charge in [-0.15, -0.1) is 0 Å². The quantitative estimate of drug-likeness (QED) is 0.311. The first kappa shape index (κ1) is 23.9. The van der Waals surface area contributed by atoms with E-state index in [1.54, 1.807) is 25.1 Å². The summed E-state index contributed by atoms with van der Waals surface area (Å²) in [5.74, 6) is 0. The third-order valence-electron chi connectivity index (χ3n) is 4.80. The van der Waals surface area contributed by atoms with Crippen LogP contribution < -0.4 is 10.6 Å². The highest BCUT2D eigenvalue weighted by molar-refractivity contribution is 7.89. The minimum atomic E-state index is -4.71. The van der Waals surface area contributed by atoms with E-state index in [9.17, 15) is 31.7 Å². The Morgan fingerprint density at radius 1 is 1.12 bits per heavy atom. The van der Waals surface area contributed by atoms with Crippen molar-refractivity contribution in [3.8, 4) is 5.69 Å². The number of nitrogens with two attached hydrogens (primary N) is 1. The number of aryl methyl sites for hydroxylation is 1. The number of nitrogens with one attached hydrogen (secondary N) is 1. The average molecular weight is 481 g/mol. The summed E-state index contributed by atoms with van der Waals surface area (Å²) in [6.45, 7) is 3.59. The van der Waals surface area contributed by atoms with Crippen LogP contribution in [-0.2, 0) is 16.2 Å². The summed E-state index contributed by atoms with van der Waals surface area (Å²) in [6, 6.07) is 9.81. The molecule has 2 aromatic carbocycles. The van der Waals surface area contributed by atoms with Gasteiger partial charge in [0.05, 0.1) is 21.6 Å². The molecular weight excluding hydrogens is 463 g/mol. The predicted molar refractivity (Wildman–Crippen MR) is 116 cm³/mol. The number of hydrazone groups is 1. The molecule has 0 fully saturated rings. The lowest BCUT2D eigenvalue weighted by molar-refractivity contribution is -0.384. The Morgan fingerprint density at radius 2 is 1.76 bits per heavy atom. The van der Waals surface area contributed by atoms with E-state index in [0.717, 1.165) is 23.5 Å². The van der Waals surface area contributed by atoms with Gasteiger partial charge in [-0.3, -0.25) is 15.5 Å². The Hall–Kier alpha value is -3.71. The van der Waals surface area contributed by atoms with Crippen LogP contribution in [-0.4, -0.2) is 24.1 Å². The van der Waals surface area contributed by atoms with Crippen molar-refractivity contribution in [1.82, 2.24) is 4.57 Å². The highest BCUT2D eigenvalue weighted by atomic mass is 32.2. The van der Waals surface area contributed by atoms with Crippen molar-refractivity contribution < 1.29 is 26.5 Å². The minimum Gasteiger partial charge on any atom is -0.318 e. The summed E-state index contributed by atoms with van der Waals surface area (Å²) in [7, 11) is -3.82. The first-order valence-corrected chi connectivity index (χ1v) is 10.8.